The van der Waals surface area contributed by atoms with Crippen LogP contribution in [0.15, 0.2) is 70.6 Å². The summed E-state index contributed by atoms with van der Waals surface area (Å²) in [5.41, 5.74) is 2.07. The van der Waals surface area contributed by atoms with Gasteiger partial charge in [0.1, 0.15) is 18.2 Å². The molecule has 0 N–H and O–H groups in total. The van der Waals surface area contributed by atoms with Gasteiger partial charge in [-0.25, -0.2) is 25.8 Å². The van der Waals surface area contributed by atoms with E-state index in [2.05, 4.69) is 25.7 Å². The fourth-order valence-corrected chi connectivity index (χ4v) is 9.04. The van der Waals surface area contributed by atoms with E-state index in [1.54, 1.807) is 62.4 Å². The zero-order valence-electron chi connectivity index (χ0n) is 27.9. The minimum absolute atomic E-state index is 0.00620. The number of nitrogens with zero attached hydrogens (tertiary/aromatic N) is 4. The van der Waals surface area contributed by atoms with E-state index in [1.807, 2.05) is 11.5 Å². The first-order chi connectivity index (χ1) is 21.9. The number of benzene rings is 3. The number of hydrogen-bond donors (Lipinski definition) is 0. The van der Waals surface area contributed by atoms with Gasteiger partial charge in [-0.1, -0.05) is 37.3 Å². The molecule has 0 aliphatic carbocycles. The van der Waals surface area contributed by atoms with Crippen molar-refractivity contribution in [3.63, 3.8) is 0 Å². The molecule has 0 saturated heterocycles. The number of hydrogen-bond acceptors (Lipinski definition) is 8. The second-order valence-corrected chi connectivity index (χ2v) is 22.7. The summed E-state index contributed by atoms with van der Waals surface area (Å²) in [6.07, 6.45) is 2.56. The van der Waals surface area contributed by atoms with Gasteiger partial charge in [-0.15, -0.1) is 0 Å². The number of nitriles is 1. The molecular weight excluding hydrogens is 653 g/mol. The molecule has 47 heavy (non-hydrogen) atoms. The lowest BCUT2D eigenvalue weighted by molar-refractivity contribution is 0.0169. The number of imidazole rings is 1. The van der Waals surface area contributed by atoms with E-state index in [-0.39, 0.29) is 22.1 Å². The SMILES string of the molecule is COC(C)(c1c(S(C)(=O)=O)cc(C)c2c1ccn2S(=O)(=O)c1ccc(C)cc1)c1nc2ccc(C#N)cc2n1COCC[Si](C)(C)C. The fourth-order valence-electron chi connectivity index (χ4n) is 5.81. The van der Waals surface area contributed by atoms with Crippen LogP contribution in [0.4, 0.5) is 0 Å². The molecule has 248 valence electrons. The zero-order valence-corrected chi connectivity index (χ0v) is 30.6. The molecule has 5 rings (SSSR count). The molecule has 2 aromatic heterocycles. The number of sulfone groups is 1. The monoisotopic (exact) mass is 692 g/mol. The molecule has 1 atom stereocenters. The van der Waals surface area contributed by atoms with Crippen LogP contribution in [0.2, 0.25) is 25.7 Å². The maximum Gasteiger partial charge on any atom is 0.268 e. The number of fused-ring (bicyclic) bond motifs is 2. The molecule has 0 aliphatic heterocycles. The van der Waals surface area contributed by atoms with Crippen molar-refractivity contribution in [1.29, 1.82) is 5.26 Å². The van der Waals surface area contributed by atoms with Gasteiger partial charge in [0.25, 0.3) is 10.0 Å². The van der Waals surface area contributed by atoms with E-state index >= 15 is 0 Å². The second-order valence-electron chi connectivity index (χ2n) is 13.3. The van der Waals surface area contributed by atoms with E-state index in [4.69, 9.17) is 14.5 Å². The Labute approximate surface area is 277 Å². The largest absolute Gasteiger partial charge is 0.366 e. The molecule has 13 heteroatoms. The average molecular weight is 693 g/mol. The lowest BCUT2D eigenvalue weighted by atomic mass is 9.90. The lowest BCUT2D eigenvalue weighted by Crippen LogP contribution is -2.33. The molecule has 3 aromatic carbocycles. The van der Waals surface area contributed by atoms with Crippen LogP contribution in [-0.4, -0.2) is 58.4 Å². The van der Waals surface area contributed by atoms with Crippen molar-refractivity contribution in [3.05, 3.63) is 88.9 Å². The van der Waals surface area contributed by atoms with E-state index in [9.17, 15) is 22.1 Å². The number of aromatic nitrogens is 3. The zero-order chi connectivity index (χ0) is 34.5. The summed E-state index contributed by atoms with van der Waals surface area (Å²) in [6, 6.07) is 17.9. The van der Waals surface area contributed by atoms with Crippen molar-refractivity contribution in [2.45, 2.75) is 68.6 Å². The standard InChI is InChI=1S/C34H40N4O6S2Si/c1-23-9-12-26(13-10-23)46(41,42)38-16-15-27-31(30(45(5,39)40)19-24(2)32(27)38)34(3,43-4)33-36-28-14-11-25(21-35)20-29(28)37(33)22-44-17-18-47(6,7)8/h9-16,19-20H,17-18,22H2,1-8H3. The number of ether oxygens (including phenoxy) is 2. The van der Waals surface area contributed by atoms with Gasteiger partial charge in [0, 0.05) is 45.2 Å². The van der Waals surface area contributed by atoms with Crippen molar-refractivity contribution in [3.8, 4) is 6.07 Å². The van der Waals surface area contributed by atoms with Gasteiger partial charge in [0.05, 0.1) is 38.0 Å². The first-order valence-corrected chi connectivity index (χ1v) is 22.2. The van der Waals surface area contributed by atoms with Crippen molar-refractivity contribution in [2.75, 3.05) is 20.0 Å². The Bertz CT molecular complexity index is 2260. The van der Waals surface area contributed by atoms with Crippen LogP contribution in [0, 0.1) is 25.2 Å². The Kier molecular flexibility index (Phi) is 9.06. The van der Waals surface area contributed by atoms with Gasteiger partial charge >= 0.3 is 0 Å². The van der Waals surface area contributed by atoms with Crippen LogP contribution in [0.1, 0.15) is 35.0 Å². The summed E-state index contributed by atoms with van der Waals surface area (Å²) in [5.74, 6) is 0.349. The lowest BCUT2D eigenvalue weighted by Gasteiger charge is -2.32. The first-order valence-electron chi connectivity index (χ1n) is 15.1. The third kappa shape index (κ3) is 6.40. The topological polar surface area (TPSA) is 133 Å². The van der Waals surface area contributed by atoms with Gasteiger partial charge in [-0.3, -0.25) is 0 Å². The summed E-state index contributed by atoms with van der Waals surface area (Å²) < 4.78 is 70.3. The van der Waals surface area contributed by atoms with E-state index in [0.717, 1.165) is 17.9 Å². The summed E-state index contributed by atoms with van der Waals surface area (Å²) in [4.78, 5) is 5.04. The Hall–Kier alpha value is -3.80. The van der Waals surface area contributed by atoms with Crippen molar-refractivity contribution >= 4 is 49.9 Å². The van der Waals surface area contributed by atoms with Gasteiger partial charge < -0.3 is 14.0 Å². The number of methoxy groups -OCH3 is 1. The predicted molar refractivity (Wildman–Crippen MR) is 186 cm³/mol. The third-order valence-corrected chi connectivity index (χ3v) is 13.0. The highest BCUT2D eigenvalue weighted by Gasteiger charge is 2.41. The highest BCUT2D eigenvalue weighted by molar-refractivity contribution is 7.91. The Balaban J connectivity index is 1.81. The average Bonchev–Trinajstić information content (AvgIpc) is 3.61. The van der Waals surface area contributed by atoms with Gasteiger partial charge in [-0.05, 0) is 74.8 Å². The van der Waals surface area contributed by atoms with Crippen LogP contribution in [-0.2, 0) is 41.7 Å². The summed E-state index contributed by atoms with van der Waals surface area (Å²) in [7, 11) is -7.85. The molecule has 1 unspecified atom stereocenters. The molecule has 0 spiro atoms. The Morgan fingerprint density at radius 3 is 2.28 bits per heavy atom. The van der Waals surface area contributed by atoms with Gasteiger partial charge in [0.2, 0.25) is 0 Å². The Morgan fingerprint density at radius 2 is 1.68 bits per heavy atom. The summed E-state index contributed by atoms with van der Waals surface area (Å²) in [5, 5.41) is 10.1. The van der Waals surface area contributed by atoms with Crippen LogP contribution in [0.25, 0.3) is 21.9 Å². The van der Waals surface area contributed by atoms with E-state index in [0.29, 0.717) is 45.5 Å². The van der Waals surface area contributed by atoms with Crippen molar-refractivity contribution in [2.24, 2.45) is 0 Å². The molecule has 0 saturated carbocycles. The highest BCUT2D eigenvalue weighted by atomic mass is 32.2. The molecule has 0 fully saturated rings. The highest BCUT2D eigenvalue weighted by Crippen LogP contribution is 2.43. The summed E-state index contributed by atoms with van der Waals surface area (Å²) in [6.45, 7) is 12.7. The molecule has 0 aliphatic rings. The molecule has 0 amide bonds. The van der Waals surface area contributed by atoms with Crippen LogP contribution in [0.5, 0.6) is 0 Å². The van der Waals surface area contributed by atoms with Crippen LogP contribution in [0.3, 0.4) is 0 Å². The normalized spacial score (nSPS) is 14.0. The predicted octanol–water partition coefficient (Wildman–Crippen LogP) is 6.34. The molecule has 0 radical (unpaired) electrons. The minimum atomic E-state index is -4.05. The maximum atomic E-state index is 14.0. The fraction of sp³-hybridized carbons (Fsp3) is 0.353. The van der Waals surface area contributed by atoms with E-state index < -0.39 is 33.5 Å². The number of aryl methyl sites for hydroxylation is 2. The van der Waals surface area contributed by atoms with E-state index in [1.165, 1.54) is 23.3 Å². The quantitative estimate of drug-likeness (QED) is 0.116. The van der Waals surface area contributed by atoms with Gasteiger partial charge in [0.15, 0.2) is 9.84 Å². The smallest absolute Gasteiger partial charge is 0.268 e. The molecule has 0 bridgehead atoms. The molecule has 2 heterocycles. The third-order valence-electron chi connectivity index (χ3n) is 8.47. The molecular formula is C34H40N4O6S2Si. The van der Waals surface area contributed by atoms with Gasteiger partial charge in [-0.2, -0.15) is 5.26 Å². The minimum Gasteiger partial charge on any atom is -0.366 e. The summed E-state index contributed by atoms with van der Waals surface area (Å²) >= 11 is 0. The Morgan fingerprint density at radius 1 is 1.00 bits per heavy atom. The van der Waals surface area contributed by atoms with Crippen molar-refractivity contribution in [1.82, 2.24) is 13.5 Å². The maximum absolute atomic E-state index is 14.0. The number of rotatable bonds is 11. The van der Waals surface area contributed by atoms with Crippen LogP contribution >= 0.6 is 0 Å². The molecule has 10 nitrogen and oxygen atoms in total. The van der Waals surface area contributed by atoms with Crippen molar-refractivity contribution < 1.29 is 26.3 Å². The molecule has 5 aromatic rings. The first kappa shape index (κ1) is 34.5. The van der Waals surface area contributed by atoms with Crippen LogP contribution < -0.4 is 0 Å². The second kappa shape index (κ2) is 12.3.